The molecule has 3 rings (SSSR count). The summed E-state index contributed by atoms with van der Waals surface area (Å²) in [4.78, 5) is 11.3. The molecular formula is C20H18ClFN4O2. The van der Waals surface area contributed by atoms with Gasteiger partial charge in [-0.3, -0.25) is 5.32 Å². The van der Waals surface area contributed by atoms with Crippen LogP contribution in [0.25, 0.3) is 11.1 Å². The van der Waals surface area contributed by atoms with Gasteiger partial charge in [0.2, 0.25) is 0 Å². The van der Waals surface area contributed by atoms with Crippen molar-refractivity contribution in [3.8, 4) is 11.1 Å². The quantitative estimate of drug-likeness (QED) is 0.664. The molecule has 0 saturated heterocycles. The van der Waals surface area contributed by atoms with Crippen LogP contribution >= 0.6 is 11.6 Å². The lowest BCUT2D eigenvalue weighted by atomic mass is 10.0. The zero-order chi connectivity index (χ0) is 20.1. The first-order valence-electron chi connectivity index (χ1n) is 8.45. The fraction of sp³-hybridized carbons (Fsp3) is 0.150. The molecular weight excluding hydrogens is 383 g/mol. The maximum Gasteiger partial charge on any atom is 0.411 e. The number of anilines is 1. The predicted octanol–water partition coefficient (Wildman–Crippen LogP) is 4.36. The Morgan fingerprint density at radius 3 is 2.64 bits per heavy atom. The van der Waals surface area contributed by atoms with Crippen molar-refractivity contribution < 1.29 is 13.9 Å². The molecule has 2 aromatic carbocycles. The molecule has 8 heteroatoms. The van der Waals surface area contributed by atoms with Crippen molar-refractivity contribution in [2.75, 3.05) is 12.4 Å². The molecule has 0 aliphatic rings. The Balaban J connectivity index is 1.85. The smallest absolute Gasteiger partial charge is 0.411 e. The number of hydrogen-bond donors (Lipinski definition) is 2. The maximum atomic E-state index is 14.3. The Bertz CT molecular complexity index is 985. The second kappa shape index (κ2) is 8.77. The topological polar surface area (TPSA) is 90.1 Å². The van der Waals surface area contributed by atoms with Crippen molar-refractivity contribution in [1.29, 1.82) is 0 Å². The van der Waals surface area contributed by atoms with Crippen molar-refractivity contribution in [3.63, 3.8) is 0 Å². The highest BCUT2D eigenvalue weighted by molar-refractivity contribution is 6.32. The van der Waals surface area contributed by atoms with Crippen LogP contribution < -0.4 is 11.1 Å². The normalized spacial score (nSPS) is 11.7. The van der Waals surface area contributed by atoms with Gasteiger partial charge in [0.15, 0.2) is 5.15 Å². The third-order valence-corrected chi connectivity index (χ3v) is 4.44. The highest BCUT2D eigenvalue weighted by atomic mass is 35.5. The second-order valence-electron chi connectivity index (χ2n) is 6.07. The highest BCUT2D eigenvalue weighted by Crippen LogP contribution is 2.30. The third-order valence-electron chi connectivity index (χ3n) is 4.16. The van der Waals surface area contributed by atoms with Crippen LogP contribution in [0.1, 0.15) is 17.3 Å². The summed E-state index contributed by atoms with van der Waals surface area (Å²) in [6.07, 6.45) is -0.307. The number of methoxy groups -OCH3 is 1. The monoisotopic (exact) mass is 400 g/mol. The number of nitrogens with two attached hydrogens (primary N) is 1. The molecule has 0 radical (unpaired) electrons. The lowest BCUT2D eigenvalue weighted by molar-refractivity contribution is 0.187. The van der Waals surface area contributed by atoms with E-state index in [2.05, 4.69) is 20.3 Å². The number of aromatic nitrogens is 2. The van der Waals surface area contributed by atoms with E-state index in [0.717, 1.165) is 5.56 Å². The fourth-order valence-electron chi connectivity index (χ4n) is 2.71. The van der Waals surface area contributed by atoms with Crippen LogP contribution in [0.5, 0.6) is 0 Å². The van der Waals surface area contributed by atoms with Gasteiger partial charge < -0.3 is 10.5 Å². The number of amides is 1. The summed E-state index contributed by atoms with van der Waals surface area (Å²) < 4.78 is 18.8. The van der Waals surface area contributed by atoms with Gasteiger partial charge in [-0.25, -0.2) is 9.18 Å². The molecule has 0 bridgehead atoms. The molecule has 28 heavy (non-hydrogen) atoms. The van der Waals surface area contributed by atoms with Crippen LogP contribution in [0.15, 0.2) is 54.6 Å². The molecule has 3 aromatic rings. The third kappa shape index (κ3) is 4.62. The minimum absolute atomic E-state index is 0.0000565. The summed E-state index contributed by atoms with van der Waals surface area (Å²) in [5.74, 6) is -0.627. The van der Waals surface area contributed by atoms with E-state index in [1.807, 2.05) is 30.3 Å². The first-order chi connectivity index (χ1) is 13.5. The number of benzene rings is 2. The van der Waals surface area contributed by atoms with Crippen LogP contribution in [0.3, 0.4) is 0 Å². The Labute approximate surface area is 166 Å². The molecule has 1 aromatic heterocycles. The summed E-state index contributed by atoms with van der Waals surface area (Å²) in [7, 11) is 1.20. The standard InChI is InChI=1S/C20H18ClFN4O2/c1-28-20(27)24-18-8-7-13(9-16(18)22)15-10-14(25-26-19(15)21)11-17(23)12-5-3-2-4-6-12/h2-10,17H,11,23H2,1H3,(H,24,27). The van der Waals surface area contributed by atoms with Gasteiger partial charge in [-0.05, 0) is 29.3 Å². The van der Waals surface area contributed by atoms with Gasteiger partial charge in [-0.15, -0.1) is 5.10 Å². The summed E-state index contributed by atoms with van der Waals surface area (Å²) in [6.45, 7) is 0. The lowest BCUT2D eigenvalue weighted by Crippen LogP contribution is -2.14. The van der Waals surface area contributed by atoms with Crippen LogP contribution in [-0.2, 0) is 11.2 Å². The van der Waals surface area contributed by atoms with Crippen LogP contribution in [0.2, 0.25) is 5.15 Å². The largest absolute Gasteiger partial charge is 0.453 e. The molecule has 6 nitrogen and oxygen atoms in total. The highest BCUT2D eigenvalue weighted by Gasteiger charge is 2.14. The zero-order valence-corrected chi connectivity index (χ0v) is 15.8. The Kier molecular flexibility index (Phi) is 6.18. The number of ether oxygens (including phenoxy) is 1. The second-order valence-corrected chi connectivity index (χ2v) is 6.43. The van der Waals surface area contributed by atoms with Crippen molar-refractivity contribution in [1.82, 2.24) is 10.2 Å². The predicted molar refractivity (Wildman–Crippen MR) is 106 cm³/mol. The number of halogens is 2. The summed E-state index contributed by atoms with van der Waals surface area (Å²) >= 11 is 6.17. The van der Waals surface area contributed by atoms with Crippen LogP contribution in [0.4, 0.5) is 14.9 Å². The van der Waals surface area contributed by atoms with E-state index in [4.69, 9.17) is 17.3 Å². The van der Waals surface area contributed by atoms with Gasteiger partial charge in [-0.1, -0.05) is 48.0 Å². The molecule has 144 valence electrons. The molecule has 0 aliphatic heterocycles. The maximum absolute atomic E-state index is 14.3. The molecule has 0 spiro atoms. The van der Waals surface area contributed by atoms with Gasteiger partial charge in [0, 0.05) is 18.0 Å². The minimum Gasteiger partial charge on any atom is -0.453 e. The number of nitrogens with zero attached hydrogens (tertiary/aromatic N) is 2. The Morgan fingerprint density at radius 2 is 1.96 bits per heavy atom. The van der Waals surface area contributed by atoms with E-state index in [0.29, 0.717) is 23.2 Å². The molecule has 0 aliphatic carbocycles. The van der Waals surface area contributed by atoms with Gasteiger partial charge in [0.1, 0.15) is 5.82 Å². The van der Waals surface area contributed by atoms with Gasteiger partial charge in [-0.2, -0.15) is 5.10 Å². The van der Waals surface area contributed by atoms with Crippen molar-refractivity contribution in [2.24, 2.45) is 5.73 Å². The number of carbonyl (C=O) groups excluding carboxylic acids is 1. The molecule has 0 fully saturated rings. The number of nitrogens with one attached hydrogen (secondary N) is 1. The van der Waals surface area contributed by atoms with Gasteiger partial charge in [0.25, 0.3) is 0 Å². The molecule has 1 heterocycles. The van der Waals surface area contributed by atoms with E-state index >= 15 is 0 Å². The first kappa shape index (κ1) is 19.7. The SMILES string of the molecule is COC(=O)Nc1ccc(-c2cc(CC(N)c3ccccc3)nnc2Cl)cc1F. The van der Waals surface area contributed by atoms with E-state index in [-0.39, 0.29) is 16.9 Å². The fourth-order valence-corrected chi connectivity index (χ4v) is 2.91. The number of hydrogen-bond acceptors (Lipinski definition) is 5. The van der Waals surface area contributed by atoms with E-state index in [1.54, 1.807) is 12.1 Å². The minimum atomic E-state index is -0.757. The zero-order valence-electron chi connectivity index (χ0n) is 15.0. The summed E-state index contributed by atoms with van der Waals surface area (Å²) in [6, 6.07) is 15.4. The Hall–Kier alpha value is -3.03. The molecule has 0 saturated carbocycles. The average molecular weight is 401 g/mol. The van der Waals surface area contributed by atoms with Crippen molar-refractivity contribution >= 4 is 23.4 Å². The number of rotatable bonds is 5. The van der Waals surface area contributed by atoms with Gasteiger partial charge >= 0.3 is 6.09 Å². The Morgan fingerprint density at radius 1 is 1.21 bits per heavy atom. The molecule has 1 unspecified atom stereocenters. The van der Waals surface area contributed by atoms with Crippen molar-refractivity contribution in [3.05, 3.63) is 76.8 Å². The van der Waals surface area contributed by atoms with E-state index < -0.39 is 11.9 Å². The van der Waals surface area contributed by atoms with Crippen molar-refractivity contribution in [2.45, 2.75) is 12.5 Å². The summed E-state index contributed by atoms with van der Waals surface area (Å²) in [5, 5.41) is 10.5. The summed E-state index contributed by atoms with van der Waals surface area (Å²) in [5.41, 5.74) is 8.88. The molecule has 1 amide bonds. The lowest BCUT2D eigenvalue weighted by Gasteiger charge is -2.13. The molecule has 3 N–H and O–H groups in total. The van der Waals surface area contributed by atoms with E-state index in [9.17, 15) is 9.18 Å². The van der Waals surface area contributed by atoms with E-state index in [1.165, 1.54) is 19.2 Å². The molecule has 1 atom stereocenters. The van der Waals surface area contributed by atoms with Crippen LogP contribution in [0, 0.1) is 5.82 Å². The van der Waals surface area contributed by atoms with Gasteiger partial charge in [0.05, 0.1) is 18.5 Å². The number of carbonyl (C=O) groups is 1. The van der Waals surface area contributed by atoms with Crippen LogP contribution in [-0.4, -0.2) is 23.4 Å². The average Bonchev–Trinajstić information content (AvgIpc) is 2.71. The first-order valence-corrected chi connectivity index (χ1v) is 8.83.